The first kappa shape index (κ1) is 24.0. The van der Waals surface area contributed by atoms with Gasteiger partial charge in [-0.15, -0.1) is 0 Å². The Labute approximate surface area is 215 Å². The highest BCUT2D eigenvalue weighted by molar-refractivity contribution is 7.17. The van der Waals surface area contributed by atoms with Crippen LogP contribution in [0.3, 0.4) is 0 Å². The highest BCUT2D eigenvalue weighted by Crippen LogP contribution is 2.43. The van der Waals surface area contributed by atoms with Gasteiger partial charge in [-0.1, -0.05) is 42.0 Å². The van der Waals surface area contributed by atoms with Crippen LogP contribution >= 0.6 is 22.9 Å². The van der Waals surface area contributed by atoms with Crippen molar-refractivity contribution in [3.8, 4) is 5.75 Å². The molecule has 0 spiro atoms. The third-order valence-electron chi connectivity index (χ3n) is 5.86. The van der Waals surface area contributed by atoms with E-state index < -0.39 is 17.9 Å². The predicted octanol–water partition coefficient (Wildman–Crippen LogP) is 5.54. The summed E-state index contributed by atoms with van der Waals surface area (Å²) in [6, 6.07) is 11.0. The van der Waals surface area contributed by atoms with Crippen LogP contribution in [-0.2, 0) is 4.74 Å². The van der Waals surface area contributed by atoms with Gasteiger partial charge in [-0.3, -0.25) is 14.5 Å². The lowest BCUT2D eigenvalue weighted by atomic mass is 9.98. The van der Waals surface area contributed by atoms with Crippen LogP contribution in [0.25, 0.3) is 11.0 Å². The molecule has 1 amide bonds. The molecule has 2 aromatic carbocycles. The summed E-state index contributed by atoms with van der Waals surface area (Å²) < 4.78 is 16.5. The van der Waals surface area contributed by atoms with Crippen molar-refractivity contribution in [2.75, 3.05) is 18.6 Å². The van der Waals surface area contributed by atoms with E-state index in [4.69, 9.17) is 25.5 Å². The molecule has 0 fully saturated rings. The Kier molecular flexibility index (Phi) is 6.27. The number of carbonyl (C=O) groups excluding carboxylic acids is 2. The van der Waals surface area contributed by atoms with Gasteiger partial charge in [0.05, 0.1) is 36.4 Å². The maximum atomic E-state index is 13.7. The molecule has 0 N–H and O–H groups in total. The smallest absolute Gasteiger partial charge is 0.350 e. The lowest BCUT2D eigenvalue weighted by Crippen LogP contribution is -2.29. The van der Waals surface area contributed by atoms with Crippen molar-refractivity contribution in [2.45, 2.75) is 26.3 Å². The maximum absolute atomic E-state index is 13.7. The van der Waals surface area contributed by atoms with Crippen molar-refractivity contribution in [3.63, 3.8) is 0 Å². The molecule has 0 saturated heterocycles. The summed E-state index contributed by atoms with van der Waals surface area (Å²) in [5, 5.41) is 0.902. The Hall–Kier alpha value is -3.69. The molecule has 36 heavy (non-hydrogen) atoms. The van der Waals surface area contributed by atoms with Gasteiger partial charge in [0.15, 0.2) is 10.6 Å². The molecule has 0 aliphatic carbocycles. The number of anilines is 1. The summed E-state index contributed by atoms with van der Waals surface area (Å²) in [5.41, 5.74) is 1.16. The molecule has 5 rings (SSSR count). The Bertz CT molecular complexity index is 1560. The summed E-state index contributed by atoms with van der Waals surface area (Å²) in [6.07, 6.45) is 0.864. The van der Waals surface area contributed by atoms with E-state index in [1.807, 2.05) is 6.92 Å². The van der Waals surface area contributed by atoms with Crippen molar-refractivity contribution >= 4 is 50.9 Å². The summed E-state index contributed by atoms with van der Waals surface area (Å²) >= 11 is 7.17. The monoisotopic (exact) mass is 524 g/mol. The van der Waals surface area contributed by atoms with Gasteiger partial charge in [0.2, 0.25) is 5.76 Å². The van der Waals surface area contributed by atoms with E-state index in [1.165, 1.54) is 18.1 Å². The Morgan fingerprint density at radius 1 is 1.19 bits per heavy atom. The third-order valence-corrected chi connectivity index (χ3v) is 7.23. The van der Waals surface area contributed by atoms with Crippen molar-refractivity contribution in [3.05, 3.63) is 85.2 Å². The quantitative estimate of drug-likeness (QED) is 0.305. The number of fused-ring (bicyclic) bond motifs is 2. The fourth-order valence-electron chi connectivity index (χ4n) is 4.19. The highest BCUT2D eigenvalue weighted by Gasteiger charge is 2.45. The molecule has 4 aromatic rings. The number of carbonyl (C=O) groups is 2. The average Bonchev–Trinajstić information content (AvgIpc) is 3.40. The van der Waals surface area contributed by atoms with Gasteiger partial charge in [-0.25, -0.2) is 9.78 Å². The van der Waals surface area contributed by atoms with Crippen LogP contribution in [0.5, 0.6) is 5.75 Å². The highest BCUT2D eigenvalue weighted by atomic mass is 35.5. The molecular weight excluding hydrogens is 504 g/mol. The van der Waals surface area contributed by atoms with Crippen LogP contribution in [-0.4, -0.2) is 30.6 Å². The number of hydrogen-bond acceptors (Lipinski definition) is 8. The van der Waals surface area contributed by atoms with Crippen LogP contribution in [0.15, 0.2) is 51.7 Å². The van der Waals surface area contributed by atoms with E-state index in [2.05, 4.69) is 4.98 Å². The van der Waals surface area contributed by atoms with Gasteiger partial charge in [-0.2, -0.15) is 0 Å². The topological polar surface area (TPSA) is 98.9 Å². The number of amides is 1. The van der Waals surface area contributed by atoms with Crippen LogP contribution in [0.2, 0.25) is 5.02 Å². The number of nitrogens with zero attached hydrogens (tertiary/aromatic N) is 2. The van der Waals surface area contributed by atoms with Gasteiger partial charge in [-0.05, 0) is 49.2 Å². The van der Waals surface area contributed by atoms with E-state index >= 15 is 0 Å². The second-order valence-electron chi connectivity index (χ2n) is 8.21. The maximum Gasteiger partial charge on any atom is 0.350 e. The van der Waals surface area contributed by atoms with Gasteiger partial charge < -0.3 is 13.9 Å². The minimum absolute atomic E-state index is 0.0707. The van der Waals surface area contributed by atoms with E-state index in [-0.39, 0.29) is 37.7 Å². The zero-order valence-corrected chi connectivity index (χ0v) is 21.2. The second-order valence-corrected chi connectivity index (χ2v) is 9.63. The van der Waals surface area contributed by atoms with E-state index in [9.17, 15) is 14.4 Å². The van der Waals surface area contributed by atoms with Crippen molar-refractivity contribution in [1.82, 2.24) is 4.98 Å². The number of rotatable bonds is 6. The van der Waals surface area contributed by atoms with Crippen molar-refractivity contribution < 1.29 is 23.5 Å². The molecule has 3 heterocycles. The molecule has 184 valence electrons. The minimum Gasteiger partial charge on any atom is -0.494 e. The number of thiazole rings is 1. The Balaban J connectivity index is 1.71. The van der Waals surface area contributed by atoms with Crippen molar-refractivity contribution in [1.29, 1.82) is 0 Å². The first-order valence-electron chi connectivity index (χ1n) is 11.2. The number of methoxy groups -OCH3 is 1. The fourth-order valence-corrected chi connectivity index (χ4v) is 5.38. The lowest BCUT2D eigenvalue weighted by Gasteiger charge is -2.22. The Morgan fingerprint density at radius 3 is 2.64 bits per heavy atom. The number of esters is 1. The summed E-state index contributed by atoms with van der Waals surface area (Å²) in [4.78, 5) is 45.8. The molecule has 0 radical (unpaired) electrons. The van der Waals surface area contributed by atoms with Crippen LogP contribution < -0.4 is 15.1 Å². The summed E-state index contributed by atoms with van der Waals surface area (Å²) in [5.74, 6) is -0.477. The standard InChI is InChI=1S/C26H21ClN2O6S/c1-4-11-34-16-8-5-14(6-9-16)20-19-21(30)17-12-15(27)7-10-18(17)35-22(19)24(31)29(20)26-28-13(2)23(36-26)25(32)33-3/h5-10,12,20H,4,11H2,1-3H3. The normalized spacial score (nSPS) is 14.8. The first-order chi connectivity index (χ1) is 17.3. The number of ether oxygens (including phenoxy) is 2. The number of halogens is 1. The fraction of sp³-hybridized carbons (Fsp3) is 0.231. The zero-order chi connectivity index (χ0) is 25.6. The second kappa shape index (κ2) is 9.40. The summed E-state index contributed by atoms with van der Waals surface area (Å²) in [7, 11) is 1.28. The predicted molar refractivity (Wildman–Crippen MR) is 137 cm³/mol. The molecule has 1 aliphatic rings. The van der Waals surface area contributed by atoms with Crippen LogP contribution in [0.1, 0.15) is 56.4 Å². The number of benzene rings is 2. The van der Waals surface area contributed by atoms with Crippen LogP contribution in [0, 0.1) is 6.92 Å². The molecular formula is C26H21ClN2O6S. The van der Waals surface area contributed by atoms with E-state index in [0.717, 1.165) is 17.8 Å². The van der Waals surface area contributed by atoms with Gasteiger partial charge in [0, 0.05) is 5.02 Å². The van der Waals surface area contributed by atoms with Gasteiger partial charge >= 0.3 is 5.97 Å². The molecule has 0 saturated carbocycles. The molecule has 0 bridgehead atoms. The lowest BCUT2D eigenvalue weighted by molar-refractivity contribution is 0.0605. The first-order valence-corrected chi connectivity index (χ1v) is 12.4. The SMILES string of the molecule is CCCOc1ccc(C2c3c(oc4ccc(Cl)cc4c3=O)C(=O)N2c2nc(C)c(C(=O)OC)s2)cc1. The zero-order valence-electron chi connectivity index (χ0n) is 19.7. The number of aryl methyl sites for hydroxylation is 1. The average molecular weight is 525 g/mol. The van der Waals surface area contributed by atoms with E-state index in [1.54, 1.807) is 43.3 Å². The van der Waals surface area contributed by atoms with Crippen LogP contribution in [0.4, 0.5) is 5.13 Å². The molecule has 2 aromatic heterocycles. The molecule has 10 heteroatoms. The van der Waals surface area contributed by atoms with E-state index in [0.29, 0.717) is 28.6 Å². The molecule has 1 atom stereocenters. The number of aromatic nitrogens is 1. The molecule has 1 aliphatic heterocycles. The van der Waals surface area contributed by atoms with Gasteiger partial charge in [0.25, 0.3) is 5.91 Å². The van der Waals surface area contributed by atoms with Crippen molar-refractivity contribution in [2.24, 2.45) is 0 Å². The molecule has 1 unspecified atom stereocenters. The largest absolute Gasteiger partial charge is 0.494 e. The Morgan fingerprint density at radius 2 is 1.94 bits per heavy atom. The van der Waals surface area contributed by atoms with Gasteiger partial charge in [0.1, 0.15) is 16.2 Å². The number of hydrogen-bond donors (Lipinski definition) is 0. The minimum atomic E-state index is -0.830. The third kappa shape index (κ3) is 3.94. The molecule has 8 nitrogen and oxygen atoms in total. The summed E-state index contributed by atoms with van der Waals surface area (Å²) in [6.45, 7) is 4.25.